The van der Waals surface area contributed by atoms with Gasteiger partial charge in [-0.05, 0) is 31.1 Å². The molecule has 1 aliphatic rings. The van der Waals surface area contributed by atoms with E-state index in [0.717, 1.165) is 16.3 Å². The molecule has 0 atom stereocenters. The minimum atomic E-state index is 1.00. The van der Waals surface area contributed by atoms with Crippen LogP contribution >= 0.6 is 0 Å². The lowest BCUT2D eigenvalue weighted by Crippen LogP contribution is -2.36. The third kappa shape index (κ3) is 4.66. The third-order valence-corrected chi connectivity index (χ3v) is 3.34. The molecule has 1 fully saturated rings. The lowest BCUT2D eigenvalue weighted by atomic mass is 9.81. The second-order valence-electron chi connectivity index (χ2n) is 5.93. The van der Waals surface area contributed by atoms with Crippen LogP contribution in [0.2, 0.25) is 0 Å². The first-order valence-electron chi connectivity index (χ1n) is 5.78. The van der Waals surface area contributed by atoms with E-state index < -0.39 is 0 Å². The van der Waals surface area contributed by atoms with E-state index in [4.69, 9.17) is 0 Å². The molecule has 1 nitrogen and oxygen atoms in total. The molecule has 13 heavy (non-hydrogen) atoms. The highest BCUT2D eigenvalue weighted by atomic mass is 15.3. The molecule has 78 valence electrons. The molecule has 0 bridgehead atoms. The van der Waals surface area contributed by atoms with Crippen molar-refractivity contribution in [2.45, 2.75) is 39.0 Å². The van der Waals surface area contributed by atoms with Crippen LogP contribution < -0.4 is 0 Å². The van der Waals surface area contributed by atoms with Gasteiger partial charge in [-0.1, -0.05) is 19.8 Å². The predicted octanol–water partition coefficient (Wildman–Crippen LogP) is 2.91. The normalized spacial score (nSPS) is 30.5. The molecule has 0 heterocycles. The molecule has 0 spiro atoms. The fourth-order valence-electron chi connectivity index (χ4n) is 2.19. The fraction of sp³-hybridized carbons (Fsp3) is 1.00. The van der Waals surface area contributed by atoms with Crippen LogP contribution in [0.4, 0.5) is 0 Å². The fourth-order valence-corrected chi connectivity index (χ4v) is 2.19. The molecular formula is C12H26N+. The number of quaternary nitrogens is 1. The Hall–Kier alpha value is -0.0400. The average Bonchev–Trinajstić information content (AvgIpc) is 2.02. The Morgan fingerprint density at radius 2 is 1.54 bits per heavy atom. The van der Waals surface area contributed by atoms with Crippen LogP contribution in [0.1, 0.15) is 39.0 Å². The summed E-state index contributed by atoms with van der Waals surface area (Å²) in [5.41, 5.74) is 0. The molecule has 0 amide bonds. The van der Waals surface area contributed by atoms with Gasteiger partial charge in [0.2, 0.25) is 0 Å². The Labute approximate surface area is 83.7 Å². The van der Waals surface area contributed by atoms with Gasteiger partial charge >= 0.3 is 0 Å². The van der Waals surface area contributed by atoms with Crippen molar-refractivity contribution >= 4 is 0 Å². The Morgan fingerprint density at radius 3 is 2.00 bits per heavy atom. The maximum Gasteiger partial charge on any atom is 0.0783 e. The number of hydrogen-bond donors (Lipinski definition) is 0. The van der Waals surface area contributed by atoms with Crippen molar-refractivity contribution in [2.75, 3.05) is 27.7 Å². The van der Waals surface area contributed by atoms with Crippen molar-refractivity contribution in [3.05, 3.63) is 0 Å². The van der Waals surface area contributed by atoms with E-state index in [1.54, 1.807) is 0 Å². The highest BCUT2D eigenvalue weighted by Gasteiger charge is 2.20. The van der Waals surface area contributed by atoms with Crippen LogP contribution in [0.5, 0.6) is 0 Å². The van der Waals surface area contributed by atoms with Crippen LogP contribution in [-0.2, 0) is 0 Å². The minimum absolute atomic E-state index is 1.00. The Bertz CT molecular complexity index is 138. The topological polar surface area (TPSA) is 0 Å². The zero-order valence-corrected chi connectivity index (χ0v) is 9.84. The van der Waals surface area contributed by atoms with Gasteiger partial charge in [0.25, 0.3) is 0 Å². The molecule has 1 heteroatoms. The number of hydrogen-bond acceptors (Lipinski definition) is 0. The minimum Gasteiger partial charge on any atom is -0.331 e. The van der Waals surface area contributed by atoms with Crippen molar-refractivity contribution in [1.82, 2.24) is 0 Å². The zero-order valence-electron chi connectivity index (χ0n) is 9.84. The lowest BCUT2D eigenvalue weighted by Gasteiger charge is -2.30. The summed E-state index contributed by atoms with van der Waals surface area (Å²) in [4.78, 5) is 0. The highest BCUT2D eigenvalue weighted by Crippen LogP contribution is 2.30. The highest BCUT2D eigenvalue weighted by molar-refractivity contribution is 4.69. The average molecular weight is 184 g/mol. The quantitative estimate of drug-likeness (QED) is 0.592. The summed E-state index contributed by atoms with van der Waals surface area (Å²) in [5.74, 6) is 2.04. The van der Waals surface area contributed by atoms with E-state index >= 15 is 0 Å². The van der Waals surface area contributed by atoms with Gasteiger partial charge in [0.05, 0.1) is 27.7 Å². The van der Waals surface area contributed by atoms with Gasteiger partial charge in [0.1, 0.15) is 0 Å². The van der Waals surface area contributed by atoms with Gasteiger partial charge in [0.15, 0.2) is 0 Å². The maximum atomic E-state index is 2.40. The van der Waals surface area contributed by atoms with Crippen molar-refractivity contribution in [1.29, 1.82) is 0 Å². The van der Waals surface area contributed by atoms with Crippen molar-refractivity contribution in [3.8, 4) is 0 Å². The lowest BCUT2D eigenvalue weighted by molar-refractivity contribution is -0.871. The summed E-state index contributed by atoms with van der Waals surface area (Å²) >= 11 is 0. The van der Waals surface area contributed by atoms with E-state index in [1.807, 2.05) is 0 Å². The molecular weight excluding hydrogens is 158 g/mol. The smallest absolute Gasteiger partial charge is 0.0783 e. The van der Waals surface area contributed by atoms with Crippen LogP contribution in [0, 0.1) is 11.8 Å². The molecule has 0 radical (unpaired) electrons. The second kappa shape index (κ2) is 4.45. The second-order valence-corrected chi connectivity index (χ2v) is 5.93. The first kappa shape index (κ1) is 11.0. The SMILES string of the molecule is CC1CCC(CC[N+](C)(C)C)CC1. The summed E-state index contributed by atoms with van der Waals surface area (Å²) in [6, 6.07) is 0. The summed E-state index contributed by atoms with van der Waals surface area (Å²) < 4.78 is 1.13. The van der Waals surface area contributed by atoms with Crippen LogP contribution in [-0.4, -0.2) is 32.2 Å². The molecule has 1 rings (SSSR count). The molecule has 0 saturated heterocycles. The molecule has 1 aliphatic carbocycles. The maximum absolute atomic E-state index is 2.40. The Kier molecular flexibility index (Phi) is 3.78. The molecule has 0 aromatic carbocycles. The Balaban J connectivity index is 2.16. The van der Waals surface area contributed by atoms with Crippen molar-refractivity contribution < 1.29 is 4.48 Å². The Morgan fingerprint density at radius 1 is 1.00 bits per heavy atom. The van der Waals surface area contributed by atoms with Gasteiger partial charge in [0, 0.05) is 0 Å². The van der Waals surface area contributed by atoms with E-state index in [2.05, 4.69) is 28.1 Å². The largest absolute Gasteiger partial charge is 0.331 e. The number of rotatable bonds is 3. The van der Waals surface area contributed by atoms with Gasteiger partial charge in [-0.3, -0.25) is 0 Å². The van der Waals surface area contributed by atoms with Crippen LogP contribution in [0.3, 0.4) is 0 Å². The molecule has 1 saturated carbocycles. The van der Waals surface area contributed by atoms with Crippen molar-refractivity contribution in [3.63, 3.8) is 0 Å². The molecule has 0 aromatic rings. The first-order chi connectivity index (χ1) is 5.97. The van der Waals surface area contributed by atoms with E-state index in [1.165, 1.54) is 38.6 Å². The van der Waals surface area contributed by atoms with Gasteiger partial charge in [-0.2, -0.15) is 0 Å². The number of nitrogens with zero attached hydrogens (tertiary/aromatic N) is 1. The van der Waals surface area contributed by atoms with Gasteiger partial charge in [-0.15, -0.1) is 0 Å². The standard InChI is InChI=1S/C12H26N/c1-11-5-7-12(8-6-11)9-10-13(2,3)4/h11-12H,5-10H2,1-4H3/q+1. The summed E-state index contributed by atoms with van der Waals surface area (Å²) in [7, 11) is 6.89. The molecule has 0 unspecified atom stereocenters. The van der Waals surface area contributed by atoms with Crippen molar-refractivity contribution in [2.24, 2.45) is 11.8 Å². The molecule has 0 N–H and O–H groups in total. The van der Waals surface area contributed by atoms with Gasteiger partial charge < -0.3 is 4.48 Å². The summed E-state index contributed by atoms with van der Waals surface area (Å²) in [6.45, 7) is 3.75. The summed E-state index contributed by atoms with van der Waals surface area (Å²) in [5, 5.41) is 0. The van der Waals surface area contributed by atoms with Gasteiger partial charge in [-0.25, -0.2) is 0 Å². The third-order valence-electron chi connectivity index (χ3n) is 3.34. The zero-order chi connectivity index (χ0) is 9.90. The van der Waals surface area contributed by atoms with E-state index in [0.29, 0.717) is 0 Å². The first-order valence-corrected chi connectivity index (χ1v) is 5.78. The van der Waals surface area contributed by atoms with E-state index in [-0.39, 0.29) is 0 Å². The monoisotopic (exact) mass is 184 g/mol. The molecule has 0 aromatic heterocycles. The predicted molar refractivity (Wildman–Crippen MR) is 58.6 cm³/mol. The summed E-state index contributed by atoms with van der Waals surface area (Å²) in [6.07, 6.45) is 7.36. The van der Waals surface area contributed by atoms with Crippen LogP contribution in [0.25, 0.3) is 0 Å². The molecule has 0 aliphatic heterocycles. The van der Waals surface area contributed by atoms with Crippen LogP contribution in [0.15, 0.2) is 0 Å². The van der Waals surface area contributed by atoms with E-state index in [9.17, 15) is 0 Å².